The third-order valence-electron chi connectivity index (χ3n) is 4.09. The molecule has 132 valence electrons. The molecule has 0 aromatic heterocycles. The summed E-state index contributed by atoms with van der Waals surface area (Å²) in [7, 11) is 0. The SMILES string of the molecule is O=C1OCCO[C@]1(c1ccccc1)[C@H](O)c1ccc(C(F)(F)F)cc1. The maximum Gasteiger partial charge on any atom is 0.416 e. The molecule has 0 bridgehead atoms. The number of cyclic esters (lactones) is 1. The Kier molecular flexibility index (Phi) is 4.53. The number of alkyl halides is 3. The number of hydrogen-bond donors (Lipinski definition) is 1. The predicted molar refractivity (Wildman–Crippen MR) is 81.4 cm³/mol. The van der Waals surface area contributed by atoms with Crippen LogP contribution >= 0.6 is 0 Å². The van der Waals surface area contributed by atoms with E-state index in [-0.39, 0.29) is 18.8 Å². The van der Waals surface area contributed by atoms with Crippen molar-refractivity contribution in [1.29, 1.82) is 0 Å². The van der Waals surface area contributed by atoms with E-state index in [9.17, 15) is 23.1 Å². The molecule has 1 aliphatic heterocycles. The Hall–Kier alpha value is -2.38. The summed E-state index contributed by atoms with van der Waals surface area (Å²) < 4.78 is 48.8. The molecule has 0 aliphatic carbocycles. The van der Waals surface area contributed by atoms with E-state index in [0.29, 0.717) is 5.56 Å². The van der Waals surface area contributed by atoms with Crippen LogP contribution < -0.4 is 0 Å². The third-order valence-corrected chi connectivity index (χ3v) is 4.09. The van der Waals surface area contributed by atoms with E-state index in [2.05, 4.69) is 0 Å². The largest absolute Gasteiger partial charge is 0.461 e. The van der Waals surface area contributed by atoms with Gasteiger partial charge in [-0.05, 0) is 23.3 Å². The van der Waals surface area contributed by atoms with Crippen LogP contribution in [0.15, 0.2) is 54.6 Å². The lowest BCUT2D eigenvalue weighted by Crippen LogP contribution is -2.49. The lowest BCUT2D eigenvalue weighted by Gasteiger charge is -2.39. The van der Waals surface area contributed by atoms with Gasteiger partial charge in [0.1, 0.15) is 12.7 Å². The van der Waals surface area contributed by atoms with Gasteiger partial charge in [-0.2, -0.15) is 13.2 Å². The van der Waals surface area contributed by atoms with Crippen LogP contribution in [0.5, 0.6) is 0 Å². The van der Waals surface area contributed by atoms with Gasteiger partial charge in [0.2, 0.25) is 5.60 Å². The first-order valence-electron chi connectivity index (χ1n) is 7.57. The Labute approximate surface area is 141 Å². The molecular formula is C18H15F3O4. The molecule has 1 heterocycles. The minimum Gasteiger partial charge on any atom is -0.461 e. The first-order valence-corrected chi connectivity index (χ1v) is 7.57. The van der Waals surface area contributed by atoms with Gasteiger partial charge in [-0.3, -0.25) is 0 Å². The maximum atomic E-state index is 12.7. The molecule has 1 N–H and O–H groups in total. The van der Waals surface area contributed by atoms with Crippen LogP contribution in [0.2, 0.25) is 0 Å². The zero-order valence-corrected chi connectivity index (χ0v) is 13.0. The van der Waals surface area contributed by atoms with Gasteiger partial charge in [0.25, 0.3) is 0 Å². The number of aliphatic hydroxyl groups is 1. The van der Waals surface area contributed by atoms with Crippen LogP contribution in [0.4, 0.5) is 13.2 Å². The van der Waals surface area contributed by atoms with Gasteiger partial charge in [-0.25, -0.2) is 4.79 Å². The van der Waals surface area contributed by atoms with Crippen molar-refractivity contribution >= 4 is 5.97 Å². The second kappa shape index (κ2) is 6.50. The molecule has 0 amide bonds. The number of carbonyl (C=O) groups excluding carboxylic acids is 1. The van der Waals surface area contributed by atoms with Crippen molar-refractivity contribution in [3.8, 4) is 0 Å². The van der Waals surface area contributed by atoms with Crippen molar-refractivity contribution < 1.29 is 32.5 Å². The number of ether oxygens (including phenoxy) is 2. The van der Waals surface area contributed by atoms with Gasteiger partial charge < -0.3 is 14.6 Å². The predicted octanol–water partition coefficient (Wildman–Crippen LogP) is 3.21. The molecule has 2 aromatic rings. The normalized spacial score (nSPS) is 22.3. The van der Waals surface area contributed by atoms with E-state index in [1.54, 1.807) is 30.3 Å². The Morgan fingerprint density at radius 1 is 1.00 bits per heavy atom. The van der Waals surface area contributed by atoms with Gasteiger partial charge in [0.05, 0.1) is 12.2 Å². The standard InChI is InChI=1S/C18H15F3O4/c19-18(20,21)14-8-6-12(7-9-14)15(22)17(13-4-2-1-3-5-13)16(23)24-10-11-25-17/h1-9,15,22H,10-11H2/t15-,17-/m1/s1. The van der Waals surface area contributed by atoms with Gasteiger partial charge in [0.15, 0.2) is 0 Å². The molecule has 1 fully saturated rings. The van der Waals surface area contributed by atoms with Gasteiger partial charge in [-0.15, -0.1) is 0 Å². The van der Waals surface area contributed by atoms with Crippen LogP contribution in [-0.4, -0.2) is 24.3 Å². The highest BCUT2D eigenvalue weighted by atomic mass is 19.4. The summed E-state index contributed by atoms with van der Waals surface area (Å²) >= 11 is 0. The van der Waals surface area contributed by atoms with Crippen LogP contribution in [0, 0.1) is 0 Å². The maximum absolute atomic E-state index is 12.7. The second-order valence-electron chi connectivity index (χ2n) is 5.61. The smallest absolute Gasteiger partial charge is 0.416 e. The highest BCUT2D eigenvalue weighted by molar-refractivity contribution is 5.83. The number of rotatable bonds is 3. The second-order valence-corrected chi connectivity index (χ2v) is 5.61. The molecule has 0 unspecified atom stereocenters. The monoisotopic (exact) mass is 352 g/mol. The fourth-order valence-electron chi connectivity index (χ4n) is 2.83. The third kappa shape index (κ3) is 3.12. The number of hydrogen-bond acceptors (Lipinski definition) is 4. The molecule has 2 aromatic carbocycles. The average molecular weight is 352 g/mol. The summed E-state index contributed by atoms with van der Waals surface area (Å²) in [6.45, 7) is 0.117. The molecule has 3 rings (SSSR count). The van der Waals surface area contributed by atoms with E-state index in [0.717, 1.165) is 24.3 Å². The van der Waals surface area contributed by atoms with Crippen LogP contribution in [0.1, 0.15) is 22.8 Å². The van der Waals surface area contributed by atoms with Crippen molar-refractivity contribution in [2.45, 2.75) is 17.9 Å². The summed E-state index contributed by atoms with van der Waals surface area (Å²) in [4.78, 5) is 12.5. The fourth-order valence-corrected chi connectivity index (χ4v) is 2.83. The summed E-state index contributed by atoms with van der Waals surface area (Å²) in [5, 5.41) is 10.8. The molecule has 25 heavy (non-hydrogen) atoms. The van der Waals surface area contributed by atoms with Gasteiger partial charge >= 0.3 is 12.1 Å². The Morgan fingerprint density at radius 3 is 2.20 bits per heavy atom. The van der Waals surface area contributed by atoms with Gasteiger partial charge in [-0.1, -0.05) is 42.5 Å². The van der Waals surface area contributed by atoms with E-state index in [1.165, 1.54) is 0 Å². The lowest BCUT2D eigenvalue weighted by molar-refractivity contribution is -0.216. The summed E-state index contributed by atoms with van der Waals surface area (Å²) in [6.07, 6.45) is -6.01. The molecule has 2 atom stereocenters. The van der Waals surface area contributed by atoms with Crippen molar-refractivity contribution in [1.82, 2.24) is 0 Å². The average Bonchev–Trinajstić information content (AvgIpc) is 2.62. The number of carbonyl (C=O) groups is 1. The molecule has 0 spiro atoms. The molecule has 1 aliphatic rings. The quantitative estimate of drug-likeness (QED) is 0.862. The molecule has 0 radical (unpaired) electrons. The number of benzene rings is 2. The van der Waals surface area contributed by atoms with E-state index >= 15 is 0 Å². The van der Waals surface area contributed by atoms with Crippen molar-refractivity contribution in [2.24, 2.45) is 0 Å². The van der Waals surface area contributed by atoms with E-state index in [4.69, 9.17) is 9.47 Å². The number of aliphatic hydroxyl groups excluding tert-OH is 1. The molecule has 7 heteroatoms. The molecule has 1 saturated heterocycles. The van der Waals surface area contributed by atoms with Gasteiger partial charge in [0, 0.05) is 0 Å². The minimum absolute atomic E-state index is 0.0488. The molecule has 0 saturated carbocycles. The van der Waals surface area contributed by atoms with Crippen LogP contribution in [0.25, 0.3) is 0 Å². The Morgan fingerprint density at radius 2 is 1.64 bits per heavy atom. The number of halogens is 3. The first-order chi connectivity index (χ1) is 11.9. The highest BCUT2D eigenvalue weighted by Gasteiger charge is 2.52. The van der Waals surface area contributed by atoms with E-state index in [1.807, 2.05) is 0 Å². The Bertz CT molecular complexity index is 743. The molecule has 4 nitrogen and oxygen atoms in total. The zero-order valence-electron chi connectivity index (χ0n) is 13.0. The fraction of sp³-hybridized carbons (Fsp3) is 0.278. The van der Waals surface area contributed by atoms with Crippen molar-refractivity contribution in [3.63, 3.8) is 0 Å². The highest BCUT2D eigenvalue weighted by Crippen LogP contribution is 2.42. The summed E-state index contributed by atoms with van der Waals surface area (Å²) in [5.74, 6) is -0.780. The minimum atomic E-state index is -4.49. The summed E-state index contributed by atoms with van der Waals surface area (Å²) in [5.41, 5.74) is -2.17. The van der Waals surface area contributed by atoms with Crippen LogP contribution in [-0.2, 0) is 26.0 Å². The summed E-state index contributed by atoms with van der Waals surface area (Å²) in [6, 6.07) is 12.2. The number of esters is 1. The van der Waals surface area contributed by atoms with Crippen molar-refractivity contribution in [2.75, 3.05) is 13.2 Å². The first kappa shape index (κ1) is 17.4. The topological polar surface area (TPSA) is 55.8 Å². The van der Waals surface area contributed by atoms with E-state index < -0.39 is 29.4 Å². The molecular weight excluding hydrogens is 337 g/mol. The van der Waals surface area contributed by atoms with Crippen molar-refractivity contribution in [3.05, 3.63) is 71.3 Å². The van der Waals surface area contributed by atoms with Crippen LogP contribution in [0.3, 0.4) is 0 Å². The Balaban J connectivity index is 2.03. The lowest BCUT2D eigenvalue weighted by atomic mass is 9.83. The zero-order chi connectivity index (χ0) is 18.1.